The molecule has 2 aliphatic rings. The molecule has 9 heteroatoms. The number of ether oxygens (including phenoxy) is 1. The lowest BCUT2D eigenvalue weighted by molar-refractivity contribution is 0.122. The minimum Gasteiger partial charge on any atom is -0.508 e. The number of rotatable bonds is 4. The first-order chi connectivity index (χ1) is 15.4. The van der Waals surface area contributed by atoms with Crippen LogP contribution in [0.25, 0.3) is 11.3 Å². The van der Waals surface area contributed by atoms with Crippen molar-refractivity contribution in [2.75, 3.05) is 42.1 Å². The predicted molar refractivity (Wildman–Crippen MR) is 122 cm³/mol. The van der Waals surface area contributed by atoms with Gasteiger partial charge in [0, 0.05) is 30.8 Å². The second-order valence-corrected chi connectivity index (χ2v) is 9.83. The zero-order chi connectivity index (χ0) is 22.3. The first-order valence-corrected chi connectivity index (χ1v) is 12.0. The summed E-state index contributed by atoms with van der Waals surface area (Å²) in [4.78, 5) is 11.8. The van der Waals surface area contributed by atoms with Crippen LogP contribution in [0.2, 0.25) is 0 Å². The van der Waals surface area contributed by atoms with Crippen molar-refractivity contribution in [1.82, 2.24) is 9.97 Å². The number of sulfonamides is 1. The summed E-state index contributed by atoms with van der Waals surface area (Å²) in [6.45, 7) is 4.59. The minimum absolute atomic E-state index is 0.130. The van der Waals surface area contributed by atoms with E-state index in [1.807, 2.05) is 17.9 Å². The predicted octanol–water partition coefficient (Wildman–Crippen LogP) is 2.75. The van der Waals surface area contributed by atoms with Gasteiger partial charge in [-0.1, -0.05) is 29.8 Å². The molecule has 0 saturated carbocycles. The van der Waals surface area contributed by atoms with Crippen molar-refractivity contribution in [2.24, 2.45) is 0 Å². The van der Waals surface area contributed by atoms with Gasteiger partial charge in [0.1, 0.15) is 5.75 Å². The van der Waals surface area contributed by atoms with Crippen LogP contribution in [0.5, 0.6) is 5.75 Å². The summed E-state index contributed by atoms with van der Waals surface area (Å²) < 4.78 is 33.8. The van der Waals surface area contributed by atoms with Crippen LogP contribution < -0.4 is 9.21 Å². The summed E-state index contributed by atoms with van der Waals surface area (Å²) in [5, 5.41) is 10.0. The molecule has 8 nitrogen and oxygen atoms in total. The molecule has 1 aromatic heterocycles. The molecular formula is C23H24N4O4S. The van der Waals surface area contributed by atoms with Crippen molar-refractivity contribution in [3.05, 3.63) is 59.7 Å². The molecule has 3 aromatic rings. The molecule has 0 bridgehead atoms. The van der Waals surface area contributed by atoms with E-state index in [4.69, 9.17) is 14.7 Å². The number of aryl methyl sites for hydroxylation is 1. The largest absolute Gasteiger partial charge is 0.508 e. The molecule has 32 heavy (non-hydrogen) atoms. The second kappa shape index (κ2) is 8.07. The molecule has 2 aliphatic heterocycles. The number of aromatic hydroxyl groups is 1. The second-order valence-electron chi connectivity index (χ2n) is 7.96. The van der Waals surface area contributed by atoms with E-state index in [1.165, 1.54) is 4.31 Å². The van der Waals surface area contributed by atoms with E-state index in [9.17, 15) is 13.5 Å². The number of hydrogen-bond acceptors (Lipinski definition) is 7. The summed E-state index contributed by atoms with van der Waals surface area (Å²) in [5.41, 5.74) is 3.14. The van der Waals surface area contributed by atoms with Gasteiger partial charge in [-0.15, -0.1) is 0 Å². The van der Waals surface area contributed by atoms with E-state index in [2.05, 4.69) is 0 Å². The minimum atomic E-state index is -3.77. The number of aromatic nitrogens is 2. The molecule has 166 valence electrons. The molecule has 1 N–H and O–H groups in total. The fraction of sp³-hybridized carbons (Fsp3) is 0.304. The van der Waals surface area contributed by atoms with Gasteiger partial charge < -0.3 is 14.7 Å². The van der Waals surface area contributed by atoms with Crippen LogP contribution in [-0.4, -0.2) is 56.3 Å². The maximum atomic E-state index is 13.5. The van der Waals surface area contributed by atoms with E-state index in [1.54, 1.807) is 42.5 Å². The van der Waals surface area contributed by atoms with Crippen molar-refractivity contribution in [3.63, 3.8) is 0 Å². The Morgan fingerprint density at radius 1 is 1.00 bits per heavy atom. The Labute approximate surface area is 187 Å². The van der Waals surface area contributed by atoms with E-state index in [0.29, 0.717) is 56.7 Å². The number of morpholine rings is 1. The average molecular weight is 453 g/mol. The first-order valence-electron chi connectivity index (χ1n) is 10.6. The lowest BCUT2D eigenvalue weighted by atomic mass is 10.1. The highest BCUT2D eigenvalue weighted by Crippen LogP contribution is 2.39. The summed E-state index contributed by atoms with van der Waals surface area (Å²) in [7, 11) is -3.77. The molecule has 1 saturated heterocycles. The number of anilines is 2. The van der Waals surface area contributed by atoms with Crippen LogP contribution in [-0.2, 0) is 21.2 Å². The van der Waals surface area contributed by atoms with Gasteiger partial charge >= 0.3 is 0 Å². The first kappa shape index (κ1) is 20.7. The number of fused-ring (bicyclic) bond motifs is 1. The highest BCUT2D eigenvalue weighted by molar-refractivity contribution is 7.92. The lowest BCUT2D eigenvalue weighted by Gasteiger charge is -2.28. The molecule has 0 atom stereocenters. The standard InChI is InChI=1S/C23H24N4O4S/c1-16-5-7-19(8-6-16)32(29,30)27-10-9-20-21(17-3-2-4-18(28)15-17)24-23(25-22(20)27)26-11-13-31-14-12-26/h2-8,15,28H,9-14H2,1H3. The normalized spacial score (nSPS) is 16.3. The molecule has 3 heterocycles. The van der Waals surface area contributed by atoms with Gasteiger partial charge in [0.25, 0.3) is 10.0 Å². The van der Waals surface area contributed by atoms with Crippen LogP contribution in [0.15, 0.2) is 53.4 Å². The SMILES string of the molecule is Cc1ccc(S(=O)(=O)N2CCc3c(-c4cccc(O)c4)nc(N4CCOCC4)nc32)cc1. The van der Waals surface area contributed by atoms with E-state index >= 15 is 0 Å². The van der Waals surface area contributed by atoms with Gasteiger partial charge in [0.2, 0.25) is 5.95 Å². The van der Waals surface area contributed by atoms with Crippen LogP contribution in [0.1, 0.15) is 11.1 Å². The van der Waals surface area contributed by atoms with Gasteiger partial charge in [0.05, 0.1) is 23.8 Å². The highest BCUT2D eigenvalue weighted by atomic mass is 32.2. The number of benzene rings is 2. The number of nitrogens with zero attached hydrogens (tertiary/aromatic N) is 4. The number of hydrogen-bond donors (Lipinski definition) is 1. The fourth-order valence-electron chi connectivity index (χ4n) is 4.08. The van der Waals surface area contributed by atoms with Crippen molar-refractivity contribution < 1.29 is 18.3 Å². The Kier molecular flexibility index (Phi) is 5.22. The Morgan fingerprint density at radius 2 is 1.75 bits per heavy atom. The fourth-order valence-corrected chi connectivity index (χ4v) is 5.53. The molecule has 2 aromatic carbocycles. The Morgan fingerprint density at radius 3 is 2.47 bits per heavy atom. The Balaban J connectivity index is 1.65. The van der Waals surface area contributed by atoms with Crippen LogP contribution in [0, 0.1) is 6.92 Å². The molecule has 1 fully saturated rings. The molecular weight excluding hydrogens is 428 g/mol. The monoisotopic (exact) mass is 452 g/mol. The summed E-state index contributed by atoms with van der Waals surface area (Å²) in [5.74, 6) is 1.00. The van der Waals surface area contributed by atoms with Crippen LogP contribution >= 0.6 is 0 Å². The van der Waals surface area contributed by atoms with E-state index in [-0.39, 0.29) is 10.6 Å². The summed E-state index contributed by atoms with van der Waals surface area (Å²) >= 11 is 0. The van der Waals surface area contributed by atoms with Crippen molar-refractivity contribution in [1.29, 1.82) is 0 Å². The molecule has 0 amide bonds. The van der Waals surface area contributed by atoms with E-state index in [0.717, 1.165) is 16.7 Å². The maximum absolute atomic E-state index is 13.5. The quantitative estimate of drug-likeness (QED) is 0.650. The topological polar surface area (TPSA) is 95.9 Å². The van der Waals surface area contributed by atoms with Crippen molar-refractivity contribution in [3.8, 4) is 17.0 Å². The van der Waals surface area contributed by atoms with Gasteiger partial charge in [-0.3, -0.25) is 0 Å². The zero-order valence-corrected chi connectivity index (χ0v) is 18.5. The van der Waals surface area contributed by atoms with Gasteiger partial charge in [-0.05, 0) is 37.6 Å². The molecule has 5 rings (SSSR count). The maximum Gasteiger partial charge on any atom is 0.265 e. The molecule has 0 spiro atoms. The van der Waals surface area contributed by atoms with Crippen molar-refractivity contribution >= 4 is 21.8 Å². The summed E-state index contributed by atoms with van der Waals surface area (Å²) in [6.07, 6.45) is 0.495. The molecule has 0 radical (unpaired) electrons. The number of phenolic OH excluding ortho intramolecular Hbond substituents is 1. The lowest BCUT2D eigenvalue weighted by Crippen LogP contribution is -2.38. The third-order valence-corrected chi connectivity index (χ3v) is 7.60. The third kappa shape index (κ3) is 3.67. The Hall–Kier alpha value is -3.17. The van der Waals surface area contributed by atoms with E-state index < -0.39 is 10.0 Å². The smallest absolute Gasteiger partial charge is 0.265 e. The molecule has 0 aliphatic carbocycles. The average Bonchev–Trinajstić information content (AvgIpc) is 3.24. The highest BCUT2D eigenvalue weighted by Gasteiger charge is 2.35. The number of phenols is 1. The Bertz CT molecular complexity index is 1260. The van der Waals surface area contributed by atoms with Crippen LogP contribution in [0.3, 0.4) is 0 Å². The van der Waals surface area contributed by atoms with Gasteiger partial charge in [-0.2, -0.15) is 4.98 Å². The third-order valence-electron chi connectivity index (χ3n) is 5.80. The van der Waals surface area contributed by atoms with Gasteiger partial charge in [0.15, 0.2) is 5.82 Å². The zero-order valence-electron chi connectivity index (χ0n) is 17.7. The van der Waals surface area contributed by atoms with Crippen molar-refractivity contribution in [2.45, 2.75) is 18.2 Å². The van der Waals surface area contributed by atoms with Crippen LogP contribution in [0.4, 0.5) is 11.8 Å². The summed E-state index contributed by atoms with van der Waals surface area (Å²) in [6, 6.07) is 13.7. The molecule has 0 unspecified atom stereocenters. The van der Waals surface area contributed by atoms with Gasteiger partial charge in [-0.25, -0.2) is 17.7 Å².